The van der Waals surface area contributed by atoms with Crippen molar-refractivity contribution in [1.82, 2.24) is 30.0 Å². The van der Waals surface area contributed by atoms with Crippen LogP contribution in [-0.2, 0) is 19.4 Å². The minimum atomic E-state index is 0.604. The minimum absolute atomic E-state index is 0.604. The lowest BCUT2D eigenvalue weighted by atomic mass is 10.2. The van der Waals surface area contributed by atoms with Crippen LogP contribution in [0.5, 0.6) is 0 Å². The van der Waals surface area contributed by atoms with E-state index < -0.39 is 0 Å². The predicted octanol–water partition coefficient (Wildman–Crippen LogP) is 1.60. The molecule has 2 aromatic heterocycles. The Hall–Kier alpha value is -1.82. The highest BCUT2D eigenvalue weighted by molar-refractivity contribution is 5.22. The van der Waals surface area contributed by atoms with Crippen molar-refractivity contribution >= 4 is 0 Å². The monoisotopic (exact) mass is 274 g/mol. The number of rotatable bonds is 6. The number of nitrogens with one attached hydrogen (secondary N) is 1. The third kappa shape index (κ3) is 3.01. The second-order valence-electron chi connectivity index (χ2n) is 4.62. The maximum atomic E-state index is 4.56. The predicted molar refractivity (Wildman–Crippen MR) is 77.8 cm³/mol. The van der Waals surface area contributed by atoms with E-state index in [1.165, 1.54) is 0 Å². The molecule has 0 unspecified atom stereocenters. The second kappa shape index (κ2) is 6.56. The number of hydrogen-bond donors (Lipinski definition) is 1. The topological polar surface area (TPSA) is 68.5 Å². The minimum Gasteiger partial charge on any atom is -0.313 e. The van der Waals surface area contributed by atoms with Gasteiger partial charge in [-0.2, -0.15) is 4.68 Å². The summed E-state index contributed by atoms with van der Waals surface area (Å²) < 4.78 is 1.75. The van der Waals surface area contributed by atoms with E-state index in [2.05, 4.69) is 39.2 Å². The van der Waals surface area contributed by atoms with Crippen molar-refractivity contribution < 1.29 is 0 Å². The van der Waals surface area contributed by atoms with Crippen LogP contribution in [0.15, 0.2) is 6.20 Å². The van der Waals surface area contributed by atoms with E-state index in [1.54, 1.807) is 4.68 Å². The normalized spacial score (nSPS) is 11.0. The summed E-state index contributed by atoms with van der Waals surface area (Å²) in [6.07, 6.45) is 3.50. The summed E-state index contributed by atoms with van der Waals surface area (Å²) in [5, 5.41) is 7.75. The molecule has 2 rings (SSSR count). The van der Waals surface area contributed by atoms with Gasteiger partial charge < -0.3 is 5.32 Å². The highest BCUT2D eigenvalue weighted by atomic mass is 15.4. The van der Waals surface area contributed by atoms with Gasteiger partial charge in [-0.05, 0) is 13.5 Å². The van der Waals surface area contributed by atoms with Gasteiger partial charge in [0.2, 0.25) is 0 Å². The lowest BCUT2D eigenvalue weighted by molar-refractivity contribution is 0.700. The van der Waals surface area contributed by atoms with Gasteiger partial charge in [0.15, 0.2) is 5.82 Å². The van der Waals surface area contributed by atoms with Gasteiger partial charge in [-0.3, -0.25) is 0 Å². The third-order valence-electron chi connectivity index (χ3n) is 3.17. The molecule has 6 heteroatoms. The molecule has 0 bridgehead atoms. The molecule has 2 aromatic rings. The lowest BCUT2D eigenvalue weighted by Crippen LogP contribution is -2.15. The Labute approximate surface area is 119 Å². The fraction of sp³-hybridized carbons (Fsp3) is 0.571. The molecule has 1 N–H and O–H groups in total. The van der Waals surface area contributed by atoms with Gasteiger partial charge in [0.25, 0.3) is 5.95 Å². The van der Waals surface area contributed by atoms with Crippen molar-refractivity contribution in [3.63, 3.8) is 0 Å². The Morgan fingerprint density at radius 2 is 1.95 bits per heavy atom. The SMILES string of the molecule is CCNCc1cnc(-n2nc(CC)nc2CC)nc1C. The molecule has 0 saturated carbocycles. The highest BCUT2D eigenvalue weighted by Gasteiger charge is 2.12. The molecule has 0 aliphatic carbocycles. The zero-order valence-corrected chi connectivity index (χ0v) is 12.6. The number of hydrogen-bond acceptors (Lipinski definition) is 5. The molecule has 2 heterocycles. The first-order chi connectivity index (χ1) is 9.69. The van der Waals surface area contributed by atoms with Crippen LogP contribution in [0, 0.1) is 6.92 Å². The molecule has 6 nitrogen and oxygen atoms in total. The summed E-state index contributed by atoms with van der Waals surface area (Å²) in [7, 11) is 0. The fourth-order valence-corrected chi connectivity index (χ4v) is 1.95. The van der Waals surface area contributed by atoms with Gasteiger partial charge in [-0.15, -0.1) is 5.10 Å². The Bertz CT molecular complexity index is 575. The summed E-state index contributed by atoms with van der Waals surface area (Å²) >= 11 is 0. The summed E-state index contributed by atoms with van der Waals surface area (Å²) in [5.41, 5.74) is 2.09. The molecule has 20 heavy (non-hydrogen) atoms. The van der Waals surface area contributed by atoms with E-state index in [4.69, 9.17) is 0 Å². The maximum Gasteiger partial charge on any atom is 0.252 e. The van der Waals surface area contributed by atoms with Gasteiger partial charge in [-0.1, -0.05) is 20.8 Å². The standard InChI is InChI=1S/C14H22N6/c1-5-12-18-13(6-2)20(19-12)14-16-9-11(8-15-7-3)10(4)17-14/h9,15H,5-8H2,1-4H3. The van der Waals surface area contributed by atoms with E-state index in [0.717, 1.165) is 48.8 Å². The van der Waals surface area contributed by atoms with Crippen LogP contribution in [0.3, 0.4) is 0 Å². The molecule has 0 aliphatic heterocycles. The van der Waals surface area contributed by atoms with Gasteiger partial charge in [-0.25, -0.2) is 15.0 Å². The summed E-state index contributed by atoms with van der Waals surface area (Å²) in [6, 6.07) is 0. The molecular weight excluding hydrogens is 252 g/mol. The van der Waals surface area contributed by atoms with E-state index in [-0.39, 0.29) is 0 Å². The van der Waals surface area contributed by atoms with Gasteiger partial charge in [0, 0.05) is 36.8 Å². The molecule has 0 spiro atoms. The van der Waals surface area contributed by atoms with Gasteiger partial charge in [0.1, 0.15) is 5.82 Å². The summed E-state index contributed by atoms with van der Waals surface area (Å²) in [4.78, 5) is 13.5. The number of nitrogens with zero attached hydrogens (tertiary/aromatic N) is 5. The highest BCUT2D eigenvalue weighted by Crippen LogP contribution is 2.10. The zero-order chi connectivity index (χ0) is 14.5. The van der Waals surface area contributed by atoms with Crippen molar-refractivity contribution in [3.8, 4) is 5.95 Å². The molecule has 0 fully saturated rings. The maximum absolute atomic E-state index is 4.56. The summed E-state index contributed by atoms with van der Waals surface area (Å²) in [6.45, 7) is 9.92. The second-order valence-corrected chi connectivity index (χ2v) is 4.62. The molecule has 0 saturated heterocycles. The number of aromatic nitrogens is 5. The van der Waals surface area contributed by atoms with Crippen LogP contribution in [0.2, 0.25) is 0 Å². The molecule has 0 atom stereocenters. The fourth-order valence-electron chi connectivity index (χ4n) is 1.95. The Morgan fingerprint density at radius 1 is 1.15 bits per heavy atom. The van der Waals surface area contributed by atoms with E-state index in [0.29, 0.717) is 5.95 Å². The Balaban J connectivity index is 2.33. The van der Waals surface area contributed by atoms with Crippen molar-refractivity contribution in [2.75, 3.05) is 6.54 Å². The zero-order valence-electron chi connectivity index (χ0n) is 12.6. The average molecular weight is 274 g/mol. The first kappa shape index (κ1) is 14.6. The van der Waals surface area contributed by atoms with E-state index >= 15 is 0 Å². The van der Waals surface area contributed by atoms with Gasteiger partial charge in [0.05, 0.1) is 0 Å². The van der Waals surface area contributed by atoms with Crippen molar-refractivity contribution in [3.05, 3.63) is 29.1 Å². The Kier molecular flexibility index (Phi) is 4.79. The van der Waals surface area contributed by atoms with Crippen molar-refractivity contribution in [2.45, 2.75) is 47.1 Å². The van der Waals surface area contributed by atoms with Crippen LogP contribution < -0.4 is 5.32 Å². The van der Waals surface area contributed by atoms with Crippen LogP contribution in [0.1, 0.15) is 43.7 Å². The van der Waals surface area contributed by atoms with Gasteiger partial charge >= 0.3 is 0 Å². The average Bonchev–Trinajstić information content (AvgIpc) is 2.89. The van der Waals surface area contributed by atoms with Crippen molar-refractivity contribution in [2.24, 2.45) is 0 Å². The summed E-state index contributed by atoms with van der Waals surface area (Å²) in [5.74, 6) is 2.34. The van der Waals surface area contributed by atoms with Crippen LogP contribution in [-0.4, -0.2) is 31.3 Å². The molecule has 0 amide bonds. The third-order valence-corrected chi connectivity index (χ3v) is 3.17. The molecule has 0 aliphatic rings. The first-order valence-electron chi connectivity index (χ1n) is 7.17. The number of aryl methyl sites for hydroxylation is 3. The van der Waals surface area contributed by atoms with Crippen molar-refractivity contribution in [1.29, 1.82) is 0 Å². The van der Waals surface area contributed by atoms with E-state index in [1.807, 2.05) is 20.0 Å². The van der Waals surface area contributed by atoms with Crippen LogP contribution in [0.25, 0.3) is 5.95 Å². The molecule has 0 aromatic carbocycles. The van der Waals surface area contributed by atoms with Crippen LogP contribution in [0.4, 0.5) is 0 Å². The largest absolute Gasteiger partial charge is 0.313 e. The lowest BCUT2D eigenvalue weighted by Gasteiger charge is -2.08. The molecular formula is C14H22N6. The Morgan fingerprint density at radius 3 is 2.55 bits per heavy atom. The molecule has 0 radical (unpaired) electrons. The van der Waals surface area contributed by atoms with E-state index in [9.17, 15) is 0 Å². The molecule has 108 valence electrons. The van der Waals surface area contributed by atoms with Crippen LogP contribution >= 0.6 is 0 Å². The smallest absolute Gasteiger partial charge is 0.252 e. The first-order valence-corrected chi connectivity index (χ1v) is 7.17. The quantitative estimate of drug-likeness (QED) is 0.866.